The predicted molar refractivity (Wildman–Crippen MR) is 122 cm³/mol. The number of nitrogens with two attached hydrogens (primary N) is 1. The van der Waals surface area contributed by atoms with Gasteiger partial charge in [0.15, 0.2) is 0 Å². The summed E-state index contributed by atoms with van der Waals surface area (Å²) >= 11 is 5.20. The molecule has 2 unspecified atom stereocenters. The van der Waals surface area contributed by atoms with Gasteiger partial charge in [0.25, 0.3) is 0 Å². The third-order valence-corrected chi connectivity index (χ3v) is 6.58. The molecule has 4 rings (SSSR count). The molecule has 30 heavy (non-hydrogen) atoms. The van der Waals surface area contributed by atoms with E-state index in [1.54, 1.807) is 12.1 Å². The lowest BCUT2D eigenvalue weighted by atomic mass is 9.79. The fourth-order valence-corrected chi connectivity index (χ4v) is 4.97. The van der Waals surface area contributed by atoms with Crippen LogP contribution in [0.15, 0.2) is 42.5 Å². The third kappa shape index (κ3) is 4.06. The lowest BCUT2D eigenvalue weighted by Crippen LogP contribution is -2.45. The van der Waals surface area contributed by atoms with Gasteiger partial charge in [-0.1, -0.05) is 38.2 Å². The van der Waals surface area contributed by atoms with E-state index in [1.165, 1.54) is 11.6 Å². The number of rotatable bonds is 5. The molecule has 0 aromatic heterocycles. The number of carbonyl (C=O) groups is 1. The second kappa shape index (κ2) is 8.34. The largest absolute Gasteiger partial charge is 0.389 e. The summed E-state index contributed by atoms with van der Waals surface area (Å²) < 4.78 is 13.8. The van der Waals surface area contributed by atoms with Crippen molar-refractivity contribution in [1.29, 1.82) is 0 Å². The highest BCUT2D eigenvalue weighted by Crippen LogP contribution is 2.48. The van der Waals surface area contributed by atoms with Crippen LogP contribution in [0.2, 0.25) is 0 Å². The highest BCUT2D eigenvalue weighted by atomic mass is 32.1. The zero-order valence-electron chi connectivity index (χ0n) is 17.4. The van der Waals surface area contributed by atoms with Crippen LogP contribution >= 0.6 is 12.2 Å². The number of benzene rings is 2. The molecule has 1 saturated carbocycles. The minimum atomic E-state index is -0.215. The molecule has 0 saturated heterocycles. The highest BCUT2D eigenvalue weighted by Gasteiger charge is 2.42. The number of amides is 1. The molecule has 0 spiro atoms. The Hall–Kier alpha value is -2.47. The topological polar surface area (TPSA) is 58.4 Å². The smallest absolute Gasteiger partial charge is 0.222 e. The Kier molecular flexibility index (Phi) is 5.78. The van der Waals surface area contributed by atoms with E-state index >= 15 is 0 Å². The number of fused-ring (bicyclic) bond motifs is 3. The zero-order valence-corrected chi connectivity index (χ0v) is 18.2. The quantitative estimate of drug-likeness (QED) is 0.703. The van der Waals surface area contributed by atoms with Gasteiger partial charge >= 0.3 is 0 Å². The van der Waals surface area contributed by atoms with Crippen molar-refractivity contribution in [2.24, 2.45) is 11.7 Å². The Balaban J connectivity index is 1.65. The molecule has 3 N–H and O–H groups in total. The molecule has 0 bridgehead atoms. The number of hydrogen-bond acceptors (Lipinski definition) is 3. The lowest BCUT2D eigenvalue weighted by molar-refractivity contribution is -0.124. The summed E-state index contributed by atoms with van der Waals surface area (Å²) in [5, 5.41) is 3.21. The predicted octanol–water partition coefficient (Wildman–Crippen LogP) is 4.26. The summed E-state index contributed by atoms with van der Waals surface area (Å²) in [4.78, 5) is 15.0. The van der Waals surface area contributed by atoms with Crippen molar-refractivity contribution < 1.29 is 9.18 Å². The normalized spacial score (nSPS) is 22.5. The van der Waals surface area contributed by atoms with E-state index in [9.17, 15) is 9.18 Å². The molecule has 1 aliphatic heterocycles. The Morgan fingerprint density at radius 1 is 1.27 bits per heavy atom. The lowest BCUT2D eigenvalue weighted by Gasteiger charge is -2.37. The monoisotopic (exact) mass is 425 g/mol. The summed E-state index contributed by atoms with van der Waals surface area (Å²) in [6.45, 7) is 4.49. The molecule has 2 aromatic rings. The van der Waals surface area contributed by atoms with Crippen molar-refractivity contribution in [2.45, 2.75) is 57.7 Å². The van der Waals surface area contributed by atoms with Gasteiger partial charge in [-0.25, -0.2) is 4.39 Å². The fraction of sp³-hybridized carbons (Fsp3) is 0.417. The van der Waals surface area contributed by atoms with Crippen molar-refractivity contribution in [3.8, 4) is 0 Å². The van der Waals surface area contributed by atoms with Crippen molar-refractivity contribution in [2.75, 3.05) is 4.90 Å². The molecule has 4 nitrogen and oxygen atoms in total. The molecule has 158 valence electrons. The summed E-state index contributed by atoms with van der Waals surface area (Å²) in [5.41, 5.74) is 10.1. The van der Waals surface area contributed by atoms with Crippen molar-refractivity contribution in [1.82, 2.24) is 5.32 Å². The van der Waals surface area contributed by atoms with Crippen LogP contribution in [0.3, 0.4) is 0 Å². The number of thiocarbonyl (C=S) groups is 1. The van der Waals surface area contributed by atoms with Crippen molar-refractivity contribution >= 4 is 28.8 Å². The first-order chi connectivity index (χ1) is 14.3. The SMILES string of the molecule is CC(C)C(=O)N[C@@H]1CCC2C(C1)c1cc(C(N)=S)ccc1N2Cc1cccc(F)c1. The third-order valence-electron chi connectivity index (χ3n) is 6.35. The Labute approximate surface area is 182 Å². The number of nitrogens with zero attached hydrogens (tertiary/aromatic N) is 1. The Morgan fingerprint density at radius 3 is 2.77 bits per heavy atom. The van der Waals surface area contributed by atoms with Crippen molar-refractivity contribution in [3.63, 3.8) is 0 Å². The number of nitrogens with one attached hydrogen (secondary N) is 1. The van der Waals surface area contributed by atoms with E-state index in [4.69, 9.17) is 18.0 Å². The molecule has 2 aliphatic rings. The number of halogens is 1. The average Bonchev–Trinajstić information content (AvgIpc) is 3.00. The maximum absolute atomic E-state index is 13.8. The zero-order chi connectivity index (χ0) is 21.4. The van der Waals surface area contributed by atoms with E-state index in [1.807, 2.05) is 26.0 Å². The van der Waals surface area contributed by atoms with Gasteiger partial charge in [-0.15, -0.1) is 0 Å². The van der Waals surface area contributed by atoms with Crippen LogP contribution in [0.25, 0.3) is 0 Å². The van der Waals surface area contributed by atoms with Gasteiger partial charge < -0.3 is 16.0 Å². The minimum absolute atomic E-state index is 0.0238. The second-order valence-electron chi connectivity index (χ2n) is 8.74. The van der Waals surface area contributed by atoms with E-state index in [0.717, 1.165) is 36.1 Å². The number of anilines is 1. The van der Waals surface area contributed by atoms with Crippen LogP contribution in [0.4, 0.5) is 10.1 Å². The van der Waals surface area contributed by atoms with E-state index in [2.05, 4.69) is 22.3 Å². The van der Waals surface area contributed by atoms with Crippen LogP contribution < -0.4 is 16.0 Å². The summed E-state index contributed by atoms with van der Waals surface area (Å²) in [5.74, 6) is 0.149. The van der Waals surface area contributed by atoms with Crippen LogP contribution in [-0.4, -0.2) is 23.0 Å². The Morgan fingerprint density at radius 2 is 2.07 bits per heavy atom. The molecule has 2 aromatic carbocycles. The first-order valence-electron chi connectivity index (χ1n) is 10.6. The molecule has 3 atom stereocenters. The van der Waals surface area contributed by atoms with E-state index in [0.29, 0.717) is 17.6 Å². The van der Waals surface area contributed by atoms with Gasteiger partial charge in [-0.05, 0) is 60.7 Å². The van der Waals surface area contributed by atoms with Gasteiger partial charge in [0, 0.05) is 41.7 Å². The van der Waals surface area contributed by atoms with Crippen LogP contribution in [0, 0.1) is 11.7 Å². The van der Waals surface area contributed by atoms with Gasteiger partial charge in [-0.2, -0.15) is 0 Å². The molecular formula is C24H28FN3OS. The molecular weight excluding hydrogens is 397 g/mol. The van der Waals surface area contributed by atoms with Gasteiger partial charge in [-0.3, -0.25) is 4.79 Å². The van der Waals surface area contributed by atoms with E-state index in [-0.39, 0.29) is 29.6 Å². The number of hydrogen-bond donors (Lipinski definition) is 2. The standard InChI is InChI=1S/C24H28FN3OS/c1-14(2)24(29)27-18-7-9-22-20(12-18)19-11-16(23(26)30)6-8-21(19)28(22)13-15-4-3-5-17(25)10-15/h3-6,8,10-11,14,18,20,22H,7,9,12-13H2,1-2H3,(H2,26,30)(H,27,29)/t18-,20?,22?/m1/s1. The molecule has 1 amide bonds. The first-order valence-corrected chi connectivity index (χ1v) is 11.0. The minimum Gasteiger partial charge on any atom is -0.389 e. The first kappa shape index (κ1) is 20.8. The van der Waals surface area contributed by atoms with Crippen LogP contribution in [-0.2, 0) is 11.3 Å². The second-order valence-corrected chi connectivity index (χ2v) is 9.18. The Bertz CT molecular complexity index is 977. The van der Waals surface area contributed by atoms with Gasteiger partial charge in [0.1, 0.15) is 10.8 Å². The fourth-order valence-electron chi connectivity index (χ4n) is 4.84. The molecule has 1 fully saturated rings. The maximum atomic E-state index is 13.8. The summed E-state index contributed by atoms with van der Waals surface area (Å²) in [6.07, 6.45) is 2.80. The molecule has 1 aliphatic carbocycles. The van der Waals surface area contributed by atoms with Crippen LogP contribution in [0.5, 0.6) is 0 Å². The van der Waals surface area contributed by atoms with Crippen molar-refractivity contribution in [3.05, 3.63) is 65.0 Å². The molecule has 0 radical (unpaired) electrons. The average molecular weight is 426 g/mol. The molecule has 6 heteroatoms. The van der Waals surface area contributed by atoms with Gasteiger partial charge in [0.2, 0.25) is 5.91 Å². The maximum Gasteiger partial charge on any atom is 0.222 e. The van der Waals surface area contributed by atoms with Crippen LogP contribution in [0.1, 0.15) is 55.7 Å². The van der Waals surface area contributed by atoms with Gasteiger partial charge in [0.05, 0.1) is 0 Å². The summed E-state index contributed by atoms with van der Waals surface area (Å²) in [6, 6.07) is 13.4. The summed E-state index contributed by atoms with van der Waals surface area (Å²) in [7, 11) is 0. The number of carbonyl (C=O) groups excluding carboxylic acids is 1. The van der Waals surface area contributed by atoms with E-state index < -0.39 is 0 Å². The molecule has 1 heterocycles. The highest BCUT2D eigenvalue weighted by molar-refractivity contribution is 7.80.